The molecule has 100 valence electrons. The summed E-state index contributed by atoms with van der Waals surface area (Å²) in [6.07, 6.45) is 0. The van der Waals surface area contributed by atoms with Crippen LogP contribution in [0.1, 0.15) is 21.5 Å². The molecule has 0 aliphatic carbocycles. The molecule has 0 aliphatic heterocycles. The van der Waals surface area contributed by atoms with Crippen molar-refractivity contribution in [1.82, 2.24) is 0 Å². The highest BCUT2D eigenvalue weighted by molar-refractivity contribution is 5.93. The van der Waals surface area contributed by atoms with Gasteiger partial charge in [0.25, 0.3) is 0 Å². The lowest BCUT2D eigenvalue weighted by Crippen LogP contribution is -2.10. The van der Waals surface area contributed by atoms with E-state index in [1.54, 1.807) is 36.4 Å². The van der Waals surface area contributed by atoms with Crippen molar-refractivity contribution in [3.8, 4) is 6.07 Å². The van der Waals surface area contributed by atoms with E-state index in [0.717, 1.165) is 5.69 Å². The molecule has 0 fully saturated rings. The van der Waals surface area contributed by atoms with Crippen molar-refractivity contribution in [2.24, 2.45) is 5.73 Å². The first kappa shape index (κ1) is 13.6. The number of carbonyl (C=O) groups is 1. The molecule has 0 radical (unpaired) electrons. The molecule has 0 aromatic heterocycles. The van der Waals surface area contributed by atoms with E-state index >= 15 is 0 Å². The third-order valence-electron chi connectivity index (χ3n) is 2.83. The largest absolute Gasteiger partial charge is 0.381 e. The molecular weight excluding hydrogens is 257 g/mol. The first-order valence-electron chi connectivity index (χ1n) is 5.92. The molecule has 0 saturated heterocycles. The Balaban J connectivity index is 2.05. The van der Waals surface area contributed by atoms with Crippen LogP contribution >= 0.6 is 0 Å². The maximum Gasteiger partial charge on any atom is 0.248 e. The molecule has 0 saturated carbocycles. The average Bonchev–Trinajstić information content (AvgIpc) is 2.46. The molecular formula is C15H12FN3O. The number of carbonyl (C=O) groups excluding carboxylic acids is 1. The summed E-state index contributed by atoms with van der Waals surface area (Å²) in [5, 5.41) is 11.7. The molecule has 0 atom stereocenters. The Bertz CT molecular complexity index is 675. The Hall–Kier alpha value is -2.87. The maximum atomic E-state index is 13.7. The van der Waals surface area contributed by atoms with Gasteiger partial charge in [0.05, 0.1) is 11.6 Å². The van der Waals surface area contributed by atoms with Gasteiger partial charge in [0.15, 0.2) is 0 Å². The number of benzene rings is 2. The zero-order valence-electron chi connectivity index (χ0n) is 10.6. The van der Waals surface area contributed by atoms with E-state index < -0.39 is 11.7 Å². The molecule has 2 rings (SSSR count). The van der Waals surface area contributed by atoms with Crippen molar-refractivity contribution in [3.05, 3.63) is 65.0 Å². The summed E-state index contributed by atoms with van der Waals surface area (Å²) in [6, 6.07) is 12.8. The normalized spacial score (nSPS) is 9.80. The molecule has 0 bridgehead atoms. The van der Waals surface area contributed by atoms with Crippen LogP contribution in [0.2, 0.25) is 0 Å². The first-order chi connectivity index (χ1) is 9.60. The second-order valence-electron chi connectivity index (χ2n) is 4.21. The number of nitrogens with zero attached hydrogens (tertiary/aromatic N) is 1. The zero-order valence-corrected chi connectivity index (χ0v) is 10.6. The predicted molar refractivity (Wildman–Crippen MR) is 73.4 cm³/mol. The van der Waals surface area contributed by atoms with Gasteiger partial charge in [0.1, 0.15) is 5.82 Å². The number of amides is 1. The molecule has 0 aliphatic rings. The second kappa shape index (κ2) is 5.85. The quantitative estimate of drug-likeness (QED) is 0.894. The minimum absolute atomic E-state index is 0.285. The number of hydrogen-bond donors (Lipinski definition) is 2. The SMILES string of the molecule is N#Cc1ccc(CNc2ccc(C(N)=O)cc2)c(F)c1. The number of nitrogens with two attached hydrogens (primary N) is 1. The standard InChI is InChI=1S/C15H12FN3O/c16-14-7-10(8-17)1-2-12(14)9-19-13-5-3-11(4-6-13)15(18)20/h1-7,19H,9H2,(H2,18,20). The third kappa shape index (κ3) is 3.12. The fourth-order valence-corrected chi connectivity index (χ4v) is 1.71. The third-order valence-corrected chi connectivity index (χ3v) is 2.83. The van der Waals surface area contributed by atoms with Gasteiger partial charge in [-0.2, -0.15) is 5.26 Å². The van der Waals surface area contributed by atoms with E-state index in [4.69, 9.17) is 11.0 Å². The molecule has 0 heterocycles. The molecule has 2 aromatic rings. The van der Waals surface area contributed by atoms with Crippen molar-refractivity contribution in [2.45, 2.75) is 6.54 Å². The molecule has 3 N–H and O–H groups in total. The Kier molecular flexibility index (Phi) is 3.96. The molecule has 2 aromatic carbocycles. The van der Waals surface area contributed by atoms with Gasteiger partial charge in [-0.15, -0.1) is 0 Å². The molecule has 20 heavy (non-hydrogen) atoms. The maximum absolute atomic E-state index is 13.7. The summed E-state index contributed by atoms with van der Waals surface area (Å²) in [5.41, 5.74) is 7.06. The fraction of sp³-hybridized carbons (Fsp3) is 0.0667. The van der Waals surface area contributed by atoms with Crippen molar-refractivity contribution in [3.63, 3.8) is 0 Å². The smallest absolute Gasteiger partial charge is 0.248 e. The van der Waals surface area contributed by atoms with Gasteiger partial charge in [-0.05, 0) is 36.4 Å². The average molecular weight is 269 g/mol. The second-order valence-corrected chi connectivity index (χ2v) is 4.21. The van der Waals surface area contributed by atoms with Crippen LogP contribution in [0.4, 0.5) is 10.1 Å². The van der Waals surface area contributed by atoms with Gasteiger partial charge >= 0.3 is 0 Å². The van der Waals surface area contributed by atoms with E-state index in [2.05, 4.69) is 5.32 Å². The molecule has 0 spiro atoms. The van der Waals surface area contributed by atoms with Crippen molar-refractivity contribution in [2.75, 3.05) is 5.32 Å². The monoisotopic (exact) mass is 269 g/mol. The predicted octanol–water partition coefficient (Wildman–Crippen LogP) is 2.41. The van der Waals surface area contributed by atoms with Crippen LogP contribution in [0.25, 0.3) is 0 Å². The highest BCUT2D eigenvalue weighted by Crippen LogP contribution is 2.14. The molecule has 1 amide bonds. The Morgan fingerprint density at radius 3 is 2.50 bits per heavy atom. The highest BCUT2D eigenvalue weighted by atomic mass is 19.1. The number of hydrogen-bond acceptors (Lipinski definition) is 3. The lowest BCUT2D eigenvalue weighted by atomic mass is 10.1. The fourth-order valence-electron chi connectivity index (χ4n) is 1.71. The van der Waals surface area contributed by atoms with Crippen molar-refractivity contribution < 1.29 is 9.18 Å². The highest BCUT2D eigenvalue weighted by Gasteiger charge is 2.04. The molecule has 4 nitrogen and oxygen atoms in total. The number of halogens is 1. The minimum atomic E-state index is -0.491. The first-order valence-corrected chi connectivity index (χ1v) is 5.92. The summed E-state index contributed by atoms with van der Waals surface area (Å²) in [7, 11) is 0. The van der Waals surface area contributed by atoms with Gasteiger partial charge in [0.2, 0.25) is 5.91 Å². The summed E-state index contributed by atoms with van der Waals surface area (Å²) in [4.78, 5) is 10.9. The van der Waals surface area contributed by atoms with Crippen LogP contribution < -0.4 is 11.1 Å². The van der Waals surface area contributed by atoms with Crippen LogP contribution in [-0.2, 0) is 6.54 Å². The van der Waals surface area contributed by atoms with E-state index in [0.29, 0.717) is 11.1 Å². The molecule has 0 unspecified atom stereocenters. The topological polar surface area (TPSA) is 78.9 Å². The summed E-state index contributed by atoms with van der Waals surface area (Å²) >= 11 is 0. The summed E-state index contributed by atoms with van der Waals surface area (Å²) in [5.74, 6) is -0.917. The summed E-state index contributed by atoms with van der Waals surface area (Å²) < 4.78 is 13.7. The lowest BCUT2D eigenvalue weighted by molar-refractivity contribution is 0.100. The van der Waals surface area contributed by atoms with Crippen LogP contribution in [0, 0.1) is 17.1 Å². The Labute approximate surface area is 115 Å². The van der Waals surface area contributed by atoms with E-state index in [1.165, 1.54) is 6.07 Å². The number of nitrogens with one attached hydrogen (secondary N) is 1. The molecule has 5 heteroatoms. The van der Waals surface area contributed by atoms with Crippen LogP contribution in [0.3, 0.4) is 0 Å². The summed E-state index contributed by atoms with van der Waals surface area (Å²) in [6.45, 7) is 0.285. The van der Waals surface area contributed by atoms with E-state index in [1.807, 2.05) is 6.07 Å². The Morgan fingerprint density at radius 2 is 1.95 bits per heavy atom. The number of primary amides is 1. The van der Waals surface area contributed by atoms with Crippen molar-refractivity contribution >= 4 is 11.6 Å². The van der Waals surface area contributed by atoms with E-state index in [-0.39, 0.29) is 12.1 Å². The van der Waals surface area contributed by atoms with Gasteiger partial charge in [-0.1, -0.05) is 6.07 Å². The number of rotatable bonds is 4. The van der Waals surface area contributed by atoms with Crippen LogP contribution in [0.5, 0.6) is 0 Å². The van der Waals surface area contributed by atoms with Crippen molar-refractivity contribution in [1.29, 1.82) is 5.26 Å². The van der Waals surface area contributed by atoms with Gasteiger partial charge in [0, 0.05) is 23.4 Å². The van der Waals surface area contributed by atoms with E-state index in [9.17, 15) is 9.18 Å². The number of nitriles is 1. The van der Waals surface area contributed by atoms with Crippen LogP contribution in [0.15, 0.2) is 42.5 Å². The Morgan fingerprint density at radius 1 is 1.25 bits per heavy atom. The van der Waals surface area contributed by atoms with Gasteiger partial charge in [-0.3, -0.25) is 4.79 Å². The van der Waals surface area contributed by atoms with Crippen LogP contribution in [-0.4, -0.2) is 5.91 Å². The van der Waals surface area contributed by atoms with Gasteiger partial charge in [-0.25, -0.2) is 4.39 Å². The minimum Gasteiger partial charge on any atom is -0.381 e. The lowest BCUT2D eigenvalue weighted by Gasteiger charge is -2.08. The zero-order chi connectivity index (χ0) is 14.5. The van der Waals surface area contributed by atoms with Gasteiger partial charge < -0.3 is 11.1 Å². The number of anilines is 1.